The Labute approximate surface area is 173 Å². The lowest BCUT2D eigenvalue weighted by molar-refractivity contribution is -0.134. The molecule has 4 fully saturated rings. The minimum Gasteiger partial charge on any atom is -0.379 e. The summed E-state index contributed by atoms with van der Waals surface area (Å²) >= 11 is 2.03. The van der Waals surface area contributed by atoms with Gasteiger partial charge in [-0.15, -0.1) is 24.8 Å². The van der Waals surface area contributed by atoms with Crippen molar-refractivity contribution < 1.29 is 9.53 Å². The van der Waals surface area contributed by atoms with Gasteiger partial charge in [-0.25, -0.2) is 0 Å². The summed E-state index contributed by atoms with van der Waals surface area (Å²) in [6.07, 6.45) is 5.96. The number of nitrogens with one attached hydrogen (secondary N) is 2. The average molecular weight is 426 g/mol. The molecule has 1 amide bonds. The first-order valence-electron chi connectivity index (χ1n) is 9.65. The van der Waals surface area contributed by atoms with Gasteiger partial charge < -0.3 is 15.4 Å². The molecule has 3 heterocycles. The highest BCUT2D eigenvalue weighted by atomic mass is 35.5. The number of halogens is 2. The second-order valence-electron chi connectivity index (χ2n) is 8.04. The van der Waals surface area contributed by atoms with Gasteiger partial charge in [0.15, 0.2) is 0 Å². The number of hydrogen-bond acceptors (Lipinski definition) is 5. The second-order valence-corrected chi connectivity index (χ2v) is 9.14. The zero-order valence-electron chi connectivity index (χ0n) is 15.5. The van der Waals surface area contributed by atoms with Crippen LogP contribution in [-0.4, -0.2) is 73.8 Å². The molecule has 4 aliphatic rings. The van der Waals surface area contributed by atoms with Crippen molar-refractivity contribution in [2.24, 2.45) is 11.3 Å². The zero-order chi connectivity index (χ0) is 16.5. The minimum absolute atomic E-state index is 0. The van der Waals surface area contributed by atoms with Crippen molar-refractivity contribution in [2.75, 3.05) is 57.4 Å². The first kappa shape index (κ1) is 22.6. The molecule has 8 heteroatoms. The Hall–Kier alpha value is 0.280. The maximum absolute atomic E-state index is 13.2. The van der Waals surface area contributed by atoms with Gasteiger partial charge in [-0.05, 0) is 37.5 Å². The largest absolute Gasteiger partial charge is 0.379 e. The fraction of sp³-hybridized carbons (Fsp3) is 0.944. The third-order valence-electron chi connectivity index (χ3n) is 6.83. The van der Waals surface area contributed by atoms with Crippen LogP contribution in [0.25, 0.3) is 0 Å². The Morgan fingerprint density at radius 2 is 2.04 bits per heavy atom. The number of hydrogen-bond donors (Lipinski definition) is 2. The molecular weight excluding hydrogens is 393 g/mol. The summed E-state index contributed by atoms with van der Waals surface area (Å²) in [5.74, 6) is 3.22. The summed E-state index contributed by atoms with van der Waals surface area (Å²) in [5.41, 5.74) is 0.0210. The summed E-state index contributed by atoms with van der Waals surface area (Å²) in [6.45, 7) is 6.39. The van der Waals surface area contributed by atoms with Gasteiger partial charge in [-0.2, -0.15) is 11.8 Å². The van der Waals surface area contributed by atoms with Crippen LogP contribution in [0.1, 0.15) is 32.1 Å². The maximum Gasteiger partial charge on any atom is 0.227 e. The molecule has 26 heavy (non-hydrogen) atoms. The smallest absolute Gasteiger partial charge is 0.227 e. The summed E-state index contributed by atoms with van der Waals surface area (Å²) in [6, 6.07) is 0. The molecule has 1 unspecified atom stereocenters. The van der Waals surface area contributed by atoms with Crippen molar-refractivity contribution in [1.29, 1.82) is 0 Å². The van der Waals surface area contributed by atoms with E-state index in [0.717, 1.165) is 58.1 Å². The molecule has 1 saturated carbocycles. The molecule has 4 rings (SSSR count). The molecule has 3 aliphatic heterocycles. The van der Waals surface area contributed by atoms with Crippen molar-refractivity contribution in [3.05, 3.63) is 0 Å². The first-order valence-corrected chi connectivity index (χ1v) is 10.8. The van der Waals surface area contributed by atoms with Crippen LogP contribution >= 0.6 is 36.6 Å². The molecule has 0 bridgehead atoms. The van der Waals surface area contributed by atoms with Crippen LogP contribution in [0.15, 0.2) is 0 Å². The quantitative estimate of drug-likeness (QED) is 0.720. The number of thioether (sulfide) groups is 1. The predicted octanol–water partition coefficient (Wildman–Crippen LogP) is 1.93. The number of morpholine rings is 1. The van der Waals surface area contributed by atoms with Gasteiger partial charge in [-0.3, -0.25) is 9.69 Å². The van der Waals surface area contributed by atoms with Crippen LogP contribution in [0.3, 0.4) is 0 Å². The molecule has 0 aromatic rings. The standard InChI is InChI=1S/C18H31N3O2S.2ClH/c22-16(18-4-2-1-3-15(18)11-19-13-18)20-12-17(5-10-24-14-17)21-6-8-23-9-7-21;;/h15,19H,1-14H2,(H,20,22);2*1H/t15-,17?,18+;;/m0../s1. The van der Waals surface area contributed by atoms with E-state index in [2.05, 4.69) is 15.5 Å². The van der Waals surface area contributed by atoms with Crippen LogP contribution in [0.4, 0.5) is 0 Å². The highest BCUT2D eigenvalue weighted by Crippen LogP contribution is 2.44. The number of amides is 1. The molecule has 1 aliphatic carbocycles. The second kappa shape index (κ2) is 9.66. The van der Waals surface area contributed by atoms with Gasteiger partial charge in [0.05, 0.1) is 18.6 Å². The van der Waals surface area contributed by atoms with E-state index in [9.17, 15) is 4.79 Å². The molecule has 3 atom stereocenters. The van der Waals surface area contributed by atoms with E-state index in [-0.39, 0.29) is 35.8 Å². The minimum atomic E-state index is -0.129. The molecule has 0 aromatic heterocycles. The van der Waals surface area contributed by atoms with Crippen molar-refractivity contribution >= 4 is 42.5 Å². The number of ether oxygens (including phenoxy) is 1. The predicted molar refractivity (Wildman–Crippen MR) is 112 cm³/mol. The molecule has 0 aromatic carbocycles. The summed E-state index contributed by atoms with van der Waals surface area (Å²) in [5, 5.41) is 6.91. The summed E-state index contributed by atoms with van der Waals surface area (Å²) < 4.78 is 5.54. The van der Waals surface area contributed by atoms with E-state index < -0.39 is 0 Å². The van der Waals surface area contributed by atoms with Crippen LogP contribution in [0.5, 0.6) is 0 Å². The van der Waals surface area contributed by atoms with Crippen LogP contribution in [0.2, 0.25) is 0 Å². The zero-order valence-corrected chi connectivity index (χ0v) is 17.9. The maximum atomic E-state index is 13.2. The topological polar surface area (TPSA) is 53.6 Å². The number of nitrogens with zero attached hydrogens (tertiary/aromatic N) is 1. The molecule has 3 saturated heterocycles. The normalized spacial score (nSPS) is 37.3. The Kier molecular flexibility index (Phi) is 8.38. The number of rotatable bonds is 4. The Morgan fingerprint density at radius 3 is 2.77 bits per heavy atom. The third-order valence-corrected chi connectivity index (χ3v) is 8.07. The number of fused-ring (bicyclic) bond motifs is 1. The number of carbonyl (C=O) groups excluding carboxylic acids is 1. The molecule has 0 radical (unpaired) electrons. The van der Waals surface area contributed by atoms with Crippen LogP contribution in [-0.2, 0) is 9.53 Å². The highest BCUT2D eigenvalue weighted by molar-refractivity contribution is 7.99. The number of carbonyl (C=O) groups is 1. The van der Waals surface area contributed by atoms with E-state index >= 15 is 0 Å². The van der Waals surface area contributed by atoms with E-state index in [1.165, 1.54) is 31.4 Å². The third kappa shape index (κ3) is 4.15. The van der Waals surface area contributed by atoms with Crippen LogP contribution < -0.4 is 10.6 Å². The molecule has 152 valence electrons. The van der Waals surface area contributed by atoms with Gasteiger partial charge in [0.2, 0.25) is 5.91 Å². The van der Waals surface area contributed by atoms with Gasteiger partial charge >= 0.3 is 0 Å². The first-order chi connectivity index (χ1) is 11.8. The lowest BCUT2D eigenvalue weighted by atomic mass is 9.67. The molecule has 0 spiro atoms. The van der Waals surface area contributed by atoms with Gasteiger partial charge in [-0.1, -0.05) is 12.8 Å². The van der Waals surface area contributed by atoms with Gasteiger partial charge in [0, 0.05) is 37.5 Å². The SMILES string of the molecule is Cl.Cl.O=C(NCC1(N2CCOCC2)CCSC1)[C@@]12CCCC[C@H]1CNC2. The van der Waals surface area contributed by atoms with E-state index in [1.807, 2.05) is 11.8 Å². The van der Waals surface area contributed by atoms with Gasteiger partial charge in [0.1, 0.15) is 0 Å². The fourth-order valence-corrected chi connectivity index (χ4v) is 6.72. The Morgan fingerprint density at radius 1 is 1.23 bits per heavy atom. The van der Waals surface area contributed by atoms with Crippen molar-refractivity contribution in [2.45, 2.75) is 37.6 Å². The summed E-state index contributed by atoms with van der Waals surface area (Å²) in [4.78, 5) is 15.8. The fourth-order valence-electron chi connectivity index (χ4n) is 5.25. The lowest BCUT2D eigenvalue weighted by Gasteiger charge is -2.44. The van der Waals surface area contributed by atoms with Crippen molar-refractivity contribution in [3.63, 3.8) is 0 Å². The Balaban J connectivity index is 0.00000121. The van der Waals surface area contributed by atoms with Crippen molar-refractivity contribution in [3.8, 4) is 0 Å². The van der Waals surface area contributed by atoms with Crippen molar-refractivity contribution in [1.82, 2.24) is 15.5 Å². The molecule has 5 nitrogen and oxygen atoms in total. The van der Waals surface area contributed by atoms with E-state index in [4.69, 9.17) is 4.74 Å². The highest BCUT2D eigenvalue weighted by Gasteiger charge is 2.50. The lowest BCUT2D eigenvalue weighted by Crippen LogP contribution is -2.60. The monoisotopic (exact) mass is 425 g/mol. The average Bonchev–Trinajstić information content (AvgIpc) is 3.29. The van der Waals surface area contributed by atoms with Crippen LogP contribution in [0, 0.1) is 11.3 Å². The van der Waals surface area contributed by atoms with E-state index in [1.54, 1.807) is 0 Å². The van der Waals surface area contributed by atoms with E-state index in [0.29, 0.717) is 11.8 Å². The van der Waals surface area contributed by atoms with Gasteiger partial charge in [0.25, 0.3) is 0 Å². The summed E-state index contributed by atoms with van der Waals surface area (Å²) in [7, 11) is 0. The Bertz CT molecular complexity index is 473. The molecular formula is C18H33Cl2N3O2S. The molecule has 2 N–H and O–H groups in total.